The molecule has 114 valence electrons. The molecule has 0 aromatic heterocycles. The Morgan fingerprint density at radius 2 is 1.85 bits per heavy atom. The van der Waals surface area contributed by atoms with Gasteiger partial charge in [0.05, 0.1) is 0 Å². The third-order valence-corrected chi connectivity index (χ3v) is 3.22. The Balaban J connectivity index is 2.68. The molecule has 0 fully saturated rings. The van der Waals surface area contributed by atoms with Gasteiger partial charge in [0.15, 0.2) is 0 Å². The van der Waals surface area contributed by atoms with Gasteiger partial charge >= 0.3 is 0 Å². The van der Waals surface area contributed by atoms with Gasteiger partial charge in [-0.25, -0.2) is 8.78 Å². The minimum Gasteiger partial charge on any atom is -0.323 e. The van der Waals surface area contributed by atoms with Crippen molar-refractivity contribution in [3.8, 4) is 0 Å². The lowest BCUT2D eigenvalue weighted by Gasteiger charge is -2.26. The highest BCUT2D eigenvalue weighted by atomic mass is 19.1. The monoisotopic (exact) mass is 285 g/mol. The summed E-state index contributed by atoms with van der Waals surface area (Å²) in [4.78, 5) is 4.28. The van der Waals surface area contributed by atoms with E-state index in [1.54, 1.807) is 0 Å². The maximum atomic E-state index is 13.7. The van der Waals surface area contributed by atoms with E-state index in [0.717, 1.165) is 38.2 Å². The molecule has 0 aliphatic rings. The standard InChI is InChI=1S/C15H25F2N3/c1-4-7-20(9-8-19(2)3)11-15(18)13-10-12(16)5-6-14(13)17/h5-6,10,15H,4,7-9,11,18H2,1-3H3. The van der Waals surface area contributed by atoms with Crippen LogP contribution in [0.15, 0.2) is 18.2 Å². The van der Waals surface area contributed by atoms with E-state index in [1.165, 1.54) is 6.07 Å². The second-order valence-electron chi connectivity index (χ2n) is 5.38. The fraction of sp³-hybridized carbons (Fsp3) is 0.600. The molecule has 0 amide bonds. The maximum absolute atomic E-state index is 13.7. The predicted octanol–water partition coefficient (Wildman–Crippen LogP) is 2.24. The number of rotatable bonds is 8. The average Bonchev–Trinajstić information content (AvgIpc) is 2.38. The average molecular weight is 285 g/mol. The van der Waals surface area contributed by atoms with Crippen LogP contribution in [0.5, 0.6) is 0 Å². The number of nitrogens with zero attached hydrogens (tertiary/aromatic N) is 2. The van der Waals surface area contributed by atoms with Crippen molar-refractivity contribution in [2.45, 2.75) is 19.4 Å². The molecule has 0 bridgehead atoms. The Labute approximate surface area is 120 Å². The molecule has 0 saturated heterocycles. The van der Waals surface area contributed by atoms with E-state index in [2.05, 4.69) is 16.7 Å². The number of nitrogens with two attached hydrogens (primary N) is 1. The summed E-state index contributed by atoms with van der Waals surface area (Å²) in [5.41, 5.74) is 6.29. The van der Waals surface area contributed by atoms with Gasteiger partial charge in [-0.2, -0.15) is 0 Å². The van der Waals surface area contributed by atoms with E-state index in [4.69, 9.17) is 5.73 Å². The molecule has 1 aromatic carbocycles. The summed E-state index contributed by atoms with van der Waals surface area (Å²) < 4.78 is 26.9. The van der Waals surface area contributed by atoms with Crippen molar-refractivity contribution in [3.05, 3.63) is 35.4 Å². The largest absolute Gasteiger partial charge is 0.323 e. The summed E-state index contributed by atoms with van der Waals surface area (Å²) in [6, 6.07) is 2.92. The van der Waals surface area contributed by atoms with Crippen LogP contribution in [0.4, 0.5) is 8.78 Å². The zero-order chi connectivity index (χ0) is 15.1. The van der Waals surface area contributed by atoms with Crippen molar-refractivity contribution < 1.29 is 8.78 Å². The summed E-state index contributed by atoms with van der Waals surface area (Å²) >= 11 is 0. The Morgan fingerprint density at radius 1 is 1.15 bits per heavy atom. The molecular formula is C15H25F2N3. The molecule has 0 radical (unpaired) electrons. The highest BCUT2D eigenvalue weighted by Gasteiger charge is 2.16. The lowest BCUT2D eigenvalue weighted by Crippen LogP contribution is -2.37. The van der Waals surface area contributed by atoms with E-state index >= 15 is 0 Å². The van der Waals surface area contributed by atoms with E-state index in [-0.39, 0.29) is 5.56 Å². The zero-order valence-corrected chi connectivity index (χ0v) is 12.6. The van der Waals surface area contributed by atoms with Gasteiger partial charge in [-0.05, 0) is 45.3 Å². The Bertz CT molecular complexity index is 410. The highest BCUT2D eigenvalue weighted by molar-refractivity contribution is 5.22. The van der Waals surface area contributed by atoms with Crippen LogP contribution in [0.25, 0.3) is 0 Å². The zero-order valence-electron chi connectivity index (χ0n) is 12.6. The second-order valence-corrected chi connectivity index (χ2v) is 5.38. The first-order valence-corrected chi connectivity index (χ1v) is 7.01. The SMILES string of the molecule is CCCN(CCN(C)C)CC(N)c1cc(F)ccc1F. The molecule has 1 rings (SSSR count). The van der Waals surface area contributed by atoms with Gasteiger partial charge in [-0.3, -0.25) is 0 Å². The molecule has 1 unspecified atom stereocenters. The smallest absolute Gasteiger partial charge is 0.128 e. The normalized spacial score (nSPS) is 13.2. The summed E-state index contributed by atoms with van der Waals surface area (Å²) in [6.45, 7) is 5.31. The van der Waals surface area contributed by atoms with Crippen LogP contribution in [0.3, 0.4) is 0 Å². The van der Waals surface area contributed by atoms with Gasteiger partial charge in [0.2, 0.25) is 0 Å². The van der Waals surface area contributed by atoms with Crippen molar-refractivity contribution in [3.63, 3.8) is 0 Å². The molecule has 1 aromatic rings. The summed E-state index contributed by atoms with van der Waals surface area (Å²) in [7, 11) is 4.02. The van der Waals surface area contributed by atoms with Crippen LogP contribution in [-0.2, 0) is 0 Å². The summed E-state index contributed by atoms with van der Waals surface area (Å²) in [5.74, 6) is -0.893. The quantitative estimate of drug-likeness (QED) is 0.795. The molecule has 0 saturated carbocycles. The number of benzene rings is 1. The first-order valence-electron chi connectivity index (χ1n) is 7.01. The van der Waals surface area contributed by atoms with Crippen LogP contribution in [-0.4, -0.2) is 50.1 Å². The minimum absolute atomic E-state index is 0.246. The van der Waals surface area contributed by atoms with Gasteiger partial charge in [0.1, 0.15) is 11.6 Å². The van der Waals surface area contributed by atoms with Crippen molar-refractivity contribution in [1.29, 1.82) is 0 Å². The van der Waals surface area contributed by atoms with E-state index < -0.39 is 17.7 Å². The van der Waals surface area contributed by atoms with E-state index in [9.17, 15) is 8.78 Å². The van der Waals surface area contributed by atoms with Gasteiger partial charge in [-0.15, -0.1) is 0 Å². The van der Waals surface area contributed by atoms with Crippen molar-refractivity contribution in [1.82, 2.24) is 9.80 Å². The molecule has 1 atom stereocenters. The minimum atomic E-state index is -0.514. The summed E-state index contributed by atoms with van der Waals surface area (Å²) in [5, 5.41) is 0. The fourth-order valence-corrected chi connectivity index (χ4v) is 2.13. The lowest BCUT2D eigenvalue weighted by atomic mass is 10.1. The van der Waals surface area contributed by atoms with Crippen LogP contribution in [0, 0.1) is 11.6 Å². The number of hydrogen-bond donors (Lipinski definition) is 1. The van der Waals surface area contributed by atoms with Crippen LogP contribution < -0.4 is 5.73 Å². The van der Waals surface area contributed by atoms with Gasteiger partial charge in [-0.1, -0.05) is 6.92 Å². The maximum Gasteiger partial charge on any atom is 0.128 e. The third-order valence-electron chi connectivity index (χ3n) is 3.22. The van der Waals surface area contributed by atoms with Crippen molar-refractivity contribution in [2.75, 3.05) is 40.3 Å². The van der Waals surface area contributed by atoms with Gasteiger partial charge in [0, 0.05) is 31.2 Å². The molecule has 3 nitrogen and oxygen atoms in total. The highest BCUT2D eigenvalue weighted by Crippen LogP contribution is 2.17. The first kappa shape index (κ1) is 17.0. The third kappa shape index (κ3) is 5.53. The molecule has 0 aliphatic carbocycles. The Hall–Kier alpha value is -1.04. The molecular weight excluding hydrogens is 260 g/mol. The first-order chi connectivity index (χ1) is 9.43. The van der Waals surface area contributed by atoms with Crippen LogP contribution in [0.2, 0.25) is 0 Å². The Morgan fingerprint density at radius 3 is 2.45 bits per heavy atom. The summed E-state index contributed by atoms with van der Waals surface area (Å²) in [6.07, 6.45) is 1.01. The topological polar surface area (TPSA) is 32.5 Å². The lowest BCUT2D eigenvalue weighted by molar-refractivity contribution is 0.228. The van der Waals surface area contributed by atoms with E-state index in [1.807, 2.05) is 14.1 Å². The molecule has 0 aliphatic heterocycles. The second kappa shape index (κ2) is 8.29. The number of hydrogen-bond acceptors (Lipinski definition) is 3. The predicted molar refractivity (Wildman–Crippen MR) is 78.6 cm³/mol. The molecule has 2 N–H and O–H groups in total. The number of likely N-dealkylation sites (N-methyl/N-ethyl adjacent to an activating group) is 1. The van der Waals surface area contributed by atoms with Crippen molar-refractivity contribution in [2.24, 2.45) is 5.73 Å². The fourth-order valence-electron chi connectivity index (χ4n) is 2.13. The van der Waals surface area contributed by atoms with Crippen LogP contribution in [0.1, 0.15) is 24.9 Å². The van der Waals surface area contributed by atoms with Crippen LogP contribution >= 0.6 is 0 Å². The molecule has 5 heteroatoms. The molecule has 0 heterocycles. The van der Waals surface area contributed by atoms with Crippen molar-refractivity contribution >= 4 is 0 Å². The van der Waals surface area contributed by atoms with Gasteiger partial charge in [0.25, 0.3) is 0 Å². The Kier molecular flexibility index (Phi) is 7.05. The molecule has 0 spiro atoms. The van der Waals surface area contributed by atoms with Gasteiger partial charge < -0.3 is 15.5 Å². The van der Waals surface area contributed by atoms with E-state index in [0.29, 0.717) is 6.54 Å². The number of halogens is 2. The molecule has 20 heavy (non-hydrogen) atoms.